The summed E-state index contributed by atoms with van der Waals surface area (Å²) < 4.78 is 12.8. The second-order valence-electron chi connectivity index (χ2n) is 6.43. The summed E-state index contributed by atoms with van der Waals surface area (Å²) >= 11 is 0. The van der Waals surface area contributed by atoms with Crippen LogP contribution in [0.15, 0.2) is 30.6 Å². The summed E-state index contributed by atoms with van der Waals surface area (Å²) in [5.41, 5.74) is 0.875. The molecule has 0 bridgehead atoms. The van der Waals surface area contributed by atoms with Gasteiger partial charge in [0, 0.05) is 31.9 Å². The lowest BCUT2D eigenvalue weighted by Crippen LogP contribution is -2.34. The van der Waals surface area contributed by atoms with Gasteiger partial charge in [0.15, 0.2) is 11.5 Å². The number of benzene rings is 1. The van der Waals surface area contributed by atoms with Crippen LogP contribution < -0.4 is 14.8 Å². The smallest absolute Gasteiger partial charge is 0.161 e. The van der Waals surface area contributed by atoms with Crippen LogP contribution in [0, 0.1) is 0 Å². The van der Waals surface area contributed by atoms with Crippen LogP contribution in [0.3, 0.4) is 0 Å². The molecule has 1 atom stereocenters. The van der Waals surface area contributed by atoms with E-state index in [0.717, 1.165) is 16.9 Å². The normalized spacial score (nSPS) is 13.8. The molecular formula is C18H27N3O3. The van der Waals surface area contributed by atoms with E-state index in [-0.39, 0.29) is 6.10 Å². The second kappa shape index (κ2) is 7.68. The molecule has 24 heavy (non-hydrogen) atoms. The highest BCUT2D eigenvalue weighted by Crippen LogP contribution is 2.29. The average molecular weight is 333 g/mol. The van der Waals surface area contributed by atoms with Crippen molar-refractivity contribution in [3.05, 3.63) is 41.7 Å². The molecule has 0 radical (unpaired) electrons. The zero-order chi connectivity index (χ0) is 17.7. The molecule has 2 aromatic rings. The molecule has 0 amide bonds. The summed E-state index contributed by atoms with van der Waals surface area (Å²) in [4.78, 5) is 0. The number of aryl methyl sites for hydroxylation is 1. The Balaban J connectivity index is 1.96. The predicted octanol–water partition coefficient (Wildman–Crippen LogP) is 2.21. The third-order valence-corrected chi connectivity index (χ3v) is 3.72. The fourth-order valence-corrected chi connectivity index (χ4v) is 2.42. The number of ether oxygens (including phenoxy) is 2. The minimum atomic E-state index is -0.973. The summed E-state index contributed by atoms with van der Waals surface area (Å²) in [6, 6.07) is 5.85. The molecule has 2 N–H and O–H groups in total. The molecule has 0 spiro atoms. The van der Waals surface area contributed by atoms with Crippen LogP contribution >= 0.6 is 0 Å². The van der Waals surface area contributed by atoms with E-state index in [1.54, 1.807) is 24.9 Å². The largest absolute Gasteiger partial charge is 0.493 e. The van der Waals surface area contributed by atoms with Crippen molar-refractivity contribution in [2.24, 2.45) is 7.05 Å². The minimum Gasteiger partial charge on any atom is -0.493 e. The number of nitrogens with zero attached hydrogens (tertiary/aromatic N) is 2. The van der Waals surface area contributed by atoms with Gasteiger partial charge in [-0.25, -0.2) is 0 Å². The van der Waals surface area contributed by atoms with Crippen molar-refractivity contribution in [3.63, 3.8) is 0 Å². The molecule has 1 aromatic carbocycles. The van der Waals surface area contributed by atoms with Crippen LogP contribution in [0.25, 0.3) is 0 Å². The Bertz CT molecular complexity index is 665. The summed E-state index contributed by atoms with van der Waals surface area (Å²) in [5.74, 6) is 1.45. The molecule has 6 heteroatoms. The van der Waals surface area contributed by atoms with E-state index in [2.05, 4.69) is 10.4 Å². The maximum absolute atomic E-state index is 10.6. The lowest BCUT2D eigenvalue weighted by Gasteiger charge is -2.22. The quantitative estimate of drug-likeness (QED) is 0.775. The maximum Gasteiger partial charge on any atom is 0.161 e. The first-order chi connectivity index (χ1) is 11.3. The van der Waals surface area contributed by atoms with Gasteiger partial charge < -0.3 is 19.9 Å². The molecule has 0 aliphatic rings. The van der Waals surface area contributed by atoms with E-state index in [0.29, 0.717) is 18.8 Å². The predicted molar refractivity (Wildman–Crippen MR) is 93.2 cm³/mol. The van der Waals surface area contributed by atoms with Crippen molar-refractivity contribution in [3.8, 4) is 11.5 Å². The van der Waals surface area contributed by atoms with E-state index >= 15 is 0 Å². The molecule has 0 aliphatic carbocycles. The molecule has 6 nitrogen and oxygen atoms in total. The fourth-order valence-electron chi connectivity index (χ4n) is 2.42. The number of hydrogen-bond donors (Lipinski definition) is 2. The Morgan fingerprint density at radius 3 is 2.67 bits per heavy atom. The van der Waals surface area contributed by atoms with Crippen molar-refractivity contribution < 1.29 is 14.6 Å². The number of hydrogen-bond acceptors (Lipinski definition) is 5. The van der Waals surface area contributed by atoms with E-state index in [4.69, 9.17) is 9.47 Å². The minimum absolute atomic E-state index is 0.0949. The third kappa shape index (κ3) is 4.72. The molecular weight excluding hydrogens is 306 g/mol. The van der Waals surface area contributed by atoms with Gasteiger partial charge in [-0.1, -0.05) is 6.07 Å². The number of nitrogens with one attached hydrogen (secondary N) is 1. The number of rotatable bonds is 8. The zero-order valence-corrected chi connectivity index (χ0v) is 15.0. The van der Waals surface area contributed by atoms with Crippen LogP contribution in [0.1, 0.15) is 31.9 Å². The monoisotopic (exact) mass is 333 g/mol. The van der Waals surface area contributed by atoms with E-state index in [1.165, 1.54) is 0 Å². The van der Waals surface area contributed by atoms with Gasteiger partial charge >= 0.3 is 0 Å². The first kappa shape index (κ1) is 18.3. The first-order valence-electron chi connectivity index (χ1n) is 8.07. The van der Waals surface area contributed by atoms with Gasteiger partial charge in [-0.2, -0.15) is 5.10 Å². The Labute approximate surface area is 143 Å². The number of aliphatic hydroxyl groups is 1. The molecule has 1 heterocycles. The summed E-state index contributed by atoms with van der Waals surface area (Å²) in [6.45, 7) is 6.78. The van der Waals surface area contributed by atoms with Crippen LogP contribution in [-0.2, 0) is 19.2 Å². The highest BCUT2D eigenvalue weighted by Gasteiger charge is 2.24. The lowest BCUT2D eigenvalue weighted by molar-refractivity contribution is 0.0566. The van der Waals surface area contributed by atoms with Crippen molar-refractivity contribution in [2.75, 3.05) is 13.7 Å². The third-order valence-electron chi connectivity index (χ3n) is 3.72. The van der Waals surface area contributed by atoms with Crippen molar-refractivity contribution in [1.82, 2.24) is 15.1 Å². The molecule has 1 unspecified atom stereocenters. The van der Waals surface area contributed by atoms with Crippen LogP contribution in [0.5, 0.6) is 11.5 Å². The van der Waals surface area contributed by atoms with Crippen molar-refractivity contribution >= 4 is 0 Å². The van der Waals surface area contributed by atoms with Gasteiger partial charge in [0.25, 0.3) is 0 Å². The molecule has 1 aromatic heterocycles. The van der Waals surface area contributed by atoms with E-state index in [9.17, 15) is 5.11 Å². The number of methoxy groups -OCH3 is 1. The zero-order valence-electron chi connectivity index (χ0n) is 15.0. The molecule has 0 saturated heterocycles. The van der Waals surface area contributed by atoms with Gasteiger partial charge in [-0.05, 0) is 38.5 Å². The first-order valence-corrected chi connectivity index (χ1v) is 8.07. The Morgan fingerprint density at radius 2 is 2.08 bits per heavy atom. The lowest BCUT2D eigenvalue weighted by atomic mass is 9.99. The molecule has 132 valence electrons. The van der Waals surface area contributed by atoms with Gasteiger partial charge in [-0.15, -0.1) is 0 Å². The summed E-state index contributed by atoms with van der Waals surface area (Å²) in [6.07, 6.45) is 3.60. The molecule has 0 aliphatic heterocycles. The van der Waals surface area contributed by atoms with E-state index in [1.807, 2.05) is 45.3 Å². The topological polar surface area (TPSA) is 68.5 Å². The molecule has 0 fully saturated rings. The van der Waals surface area contributed by atoms with Crippen LogP contribution in [0.4, 0.5) is 0 Å². The Morgan fingerprint density at radius 1 is 1.33 bits per heavy atom. The fraction of sp³-hybridized carbons (Fsp3) is 0.500. The summed E-state index contributed by atoms with van der Waals surface area (Å²) in [5, 5.41) is 17.9. The standard InChI is InChI=1S/C18H27N3O3/c1-13(2)24-16-7-6-14(8-17(16)23-5)9-19-12-18(3,22)15-10-20-21(4)11-15/h6-8,10-11,13,19,22H,9,12H2,1-5H3. The van der Waals surface area contributed by atoms with Crippen molar-refractivity contribution in [2.45, 2.75) is 39.0 Å². The van der Waals surface area contributed by atoms with Gasteiger partial charge in [0.2, 0.25) is 0 Å². The molecule has 2 rings (SSSR count). The Kier molecular flexibility index (Phi) is 5.85. The van der Waals surface area contributed by atoms with E-state index < -0.39 is 5.60 Å². The van der Waals surface area contributed by atoms with Crippen molar-refractivity contribution in [1.29, 1.82) is 0 Å². The number of aromatic nitrogens is 2. The maximum atomic E-state index is 10.6. The summed E-state index contributed by atoms with van der Waals surface area (Å²) in [7, 11) is 3.47. The van der Waals surface area contributed by atoms with Gasteiger partial charge in [0.1, 0.15) is 5.60 Å². The van der Waals surface area contributed by atoms with Crippen LogP contribution in [0.2, 0.25) is 0 Å². The van der Waals surface area contributed by atoms with Gasteiger partial charge in [0.05, 0.1) is 19.4 Å². The average Bonchev–Trinajstić information content (AvgIpc) is 2.95. The Hall–Kier alpha value is -2.05. The molecule has 0 saturated carbocycles. The highest BCUT2D eigenvalue weighted by atomic mass is 16.5. The second-order valence-corrected chi connectivity index (χ2v) is 6.43. The van der Waals surface area contributed by atoms with Crippen LogP contribution in [-0.4, -0.2) is 34.6 Å². The highest BCUT2D eigenvalue weighted by molar-refractivity contribution is 5.43. The SMILES string of the molecule is COc1cc(CNCC(C)(O)c2cnn(C)c2)ccc1OC(C)C. The van der Waals surface area contributed by atoms with Gasteiger partial charge in [-0.3, -0.25) is 4.68 Å².